The standard InChI is InChI=1S/C18H19N5O2S/c1-22(14-6-4-3-5-7-14)16(24)12-26-18-21-20-17(23(18)19)13-8-10-15(25-2)11-9-13/h3-11H,12,19H2,1-2H3. The highest BCUT2D eigenvalue weighted by Gasteiger charge is 2.16. The predicted molar refractivity (Wildman–Crippen MR) is 103 cm³/mol. The number of carbonyl (C=O) groups is 1. The van der Waals surface area contributed by atoms with E-state index in [-0.39, 0.29) is 11.7 Å². The van der Waals surface area contributed by atoms with E-state index in [2.05, 4.69) is 10.2 Å². The fourth-order valence-electron chi connectivity index (χ4n) is 2.33. The van der Waals surface area contributed by atoms with E-state index in [0.717, 1.165) is 17.0 Å². The molecule has 0 spiro atoms. The van der Waals surface area contributed by atoms with E-state index >= 15 is 0 Å². The average Bonchev–Trinajstić information content (AvgIpc) is 3.06. The van der Waals surface area contributed by atoms with E-state index in [0.29, 0.717) is 11.0 Å². The van der Waals surface area contributed by atoms with Crippen molar-refractivity contribution < 1.29 is 9.53 Å². The largest absolute Gasteiger partial charge is 0.497 e. The molecule has 7 nitrogen and oxygen atoms in total. The highest BCUT2D eigenvalue weighted by atomic mass is 32.2. The molecule has 0 aliphatic heterocycles. The molecular weight excluding hydrogens is 350 g/mol. The van der Waals surface area contributed by atoms with Gasteiger partial charge in [0, 0.05) is 18.3 Å². The Balaban J connectivity index is 1.67. The highest BCUT2D eigenvalue weighted by Crippen LogP contribution is 2.24. The lowest BCUT2D eigenvalue weighted by molar-refractivity contribution is -0.115. The van der Waals surface area contributed by atoms with E-state index in [1.54, 1.807) is 19.1 Å². The lowest BCUT2D eigenvalue weighted by atomic mass is 10.2. The van der Waals surface area contributed by atoms with Gasteiger partial charge in [0.2, 0.25) is 11.1 Å². The first-order chi connectivity index (χ1) is 12.6. The van der Waals surface area contributed by atoms with Crippen LogP contribution in [0, 0.1) is 0 Å². The molecule has 3 aromatic rings. The number of methoxy groups -OCH3 is 1. The van der Waals surface area contributed by atoms with Crippen LogP contribution in [0.2, 0.25) is 0 Å². The van der Waals surface area contributed by atoms with E-state index in [4.69, 9.17) is 10.6 Å². The summed E-state index contributed by atoms with van der Waals surface area (Å²) in [5, 5.41) is 8.69. The maximum atomic E-state index is 12.4. The van der Waals surface area contributed by atoms with Crippen LogP contribution in [-0.2, 0) is 4.79 Å². The van der Waals surface area contributed by atoms with Crippen LogP contribution in [0.1, 0.15) is 0 Å². The molecule has 0 bridgehead atoms. The minimum atomic E-state index is -0.0461. The van der Waals surface area contributed by atoms with Crippen molar-refractivity contribution in [2.24, 2.45) is 0 Å². The molecule has 3 rings (SSSR count). The normalized spacial score (nSPS) is 10.5. The van der Waals surface area contributed by atoms with E-state index in [1.165, 1.54) is 16.4 Å². The highest BCUT2D eigenvalue weighted by molar-refractivity contribution is 7.99. The number of nitrogens with zero attached hydrogens (tertiary/aromatic N) is 4. The van der Waals surface area contributed by atoms with Crippen molar-refractivity contribution in [1.82, 2.24) is 14.9 Å². The van der Waals surface area contributed by atoms with Gasteiger partial charge in [0.25, 0.3) is 0 Å². The first kappa shape index (κ1) is 17.8. The van der Waals surface area contributed by atoms with Crippen LogP contribution in [0.5, 0.6) is 5.75 Å². The predicted octanol–water partition coefficient (Wildman–Crippen LogP) is 2.42. The van der Waals surface area contributed by atoms with E-state index < -0.39 is 0 Å². The maximum absolute atomic E-state index is 12.4. The number of aromatic nitrogens is 3. The summed E-state index contributed by atoms with van der Waals surface area (Å²) in [5.41, 5.74) is 1.66. The van der Waals surface area contributed by atoms with Crippen LogP contribution in [0.3, 0.4) is 0 Å². The lowest BCUT2D eigenvalue weighted by Gasteiger charge is -2.16. The molecular formula is C18H19N5O2S. The number of thioether (sulfide) groups is 1. The number of nitrogens with two attached hydrogens (primary N) is 1. The molecule has 0 aliphatic rings. The second-order valence-corrected chi connectivity index (χ2v) is 6.42. The van der Waals surface area contributed by atoms with Crippen LogP contribution < -0.4 is 15.5 Å². The topological polar surface area (TPSA) is 86.3 Å². The van der Waals surface area contributed by atoms with Gasteiger partial charge < -0.3 is 15.5 Å². The minimum absolute atomic E-state index is 0.0461. The average molecular weight is 369 g/mol. The second kappa shape index (κ2) is 7.92. The van der Waals surface area contributed by atoms with Crippen LogP contribution in [0.15, 0.2) is 59.8 Å². The Morgan fingerprint density at radius 1 is 1.15 bits per heavy atom. The zero-order valence-corrected chi connectivity index (χ0v) is 15.3. The molecule has 0 fully saturated rings. The molecule has 0 atom stereocenters. The number of benzene rings is 2. The lowest BCUT2D eigenvalue weighted by Crippen LogP contribution is -2.28. The first-order valence-corrected chi connectivity index (χ1v) is 8.88. The Bertz CT molecular complexity index is 880. The van der Waals surface area contributed by atoms with Gasteiger partial charge in [-0.2, -0.15) is 0 Å². The monoisotopic (exact) mass is 369 g/mol. The smallest absolute Gasteiger partial charge is 0.237 e. The molecule has 0 radical (unpaired) electrons. The van der Waals surface area contributed by atoms with Crippen LogP contribution in [-0.4, -0.2) is 40.7 Å². The fraction of sp³-hybridized carbons (Fsp3) is 0.167. The van der Waals surface area contributed by atoms with Gasteiger partial charge in [-0.3, -0.25) is 4.79 Å². The molecule has 2 aromatic carbocycles. The quantitative estimate of drug-likeness (QED) is 0.530. The molecule has 1 amide bonds. The van der Waals surface area contributed by atoms with Crippen molar-refractivity contribution in [2.45, 2.75) is 5.16 Å². The third-order valence-corrected chi connectivity index (χ3v) is 4.78. The van der Waals surface area contributed by atoms with Crippen LogP contribution in [0.25, 0.3) is 11.4 Å². The van der Waals surface area contributed by atoms with Crippen molar-refractivity contribution in [1.29, 1.82) is 0 Å². The van der Waals surface area contributed by atoms with Crippen molar-refractivity contribution in [3.05, 3.63) is 54.6 Å². The molecule has 26 heavy (non-hydrogen) atoms. The van der Waals surface area contributed by atoms with Gasteiger partial charge in [0.1, 0.15) is 5.75 Å². The first-order valence-electron chi connectivity index (χ1n) is 7.89. The fourth-order valence-corrected chi connectivity index (χ4v) is 3.10. The number of amides is 1. The molecule has 0 saturated carbocycles. The molecule has 2 N–H and O–H groups in total. The molecule has 1 aromatic heterocycles. The van der Waals surface area contributed by atoms with E-state index in [1.807, 2.05) is 54.6 Å². The molecule has 8 heteroatoms. The van der Waals surface area contributed by atoms with Crippen molar-refractivity contribution in [3.63, 3.8) is 0 Å². The number of para-hydroxylation sites is 1. The number of ether oxygens (including phenoxy) is 1. The van der Waals surface area contributed by atoms with Gasteiger partial charge in [0.05, 0.1) is 12.9 Å². The Labute approximate surface area is 155 Å². The van der Waals surface area contributed by atoms with Gasteiger partial charge in [-0.15, -0.1) is 10.2 Å². The summed E-state index contributed by atoms with van der Waals surface area (Å²) >= 11 is 1.25. The second-order valence-electron chi connectivity index (χ2n) is 5.48. The molecule has 134 valence electrons. The number of hydrogen-bond donors (Lipinski definition) is 1. The summed E-state index contributed by atoms with van der Waals surface area (Å²) in [4.78, 5) is 14.0. The minimum Gasteiger partial charge on any atom is -0.497 e. The summed E-state index contributed by atoms with van der Waals surface area (Å²) < 4.78 is 6.54. The number of hydrogen-bond acceptors (Lipinski definition) is 6. The van der Waals surface area contributed by atoms with Crippen LogP contribution >= 0.6 is 11.8 Å². The zero-order valence-electron chi connectivity index (χ0n) is 14.5. The third-order valence-electron chi connectivity index (χ3n) is 3.86. The number of carbonyl (C=O) groups excluding carboxylic acids is 1. The van der Waals surface area contributed by atoms with Crippen molar-refractivity contribution in [2.75, 3.05) is 30.7 Å². The number of rotatable bonds is 6. The Morgan fingerprint density at radius 2 is 1.85 bits per heavy atom. The third kappa shape index (κ3) is 3.80. The summed E-state index contributed by atoms with van der Waals surface area (Å²) in [7, 11) is 3.35. The van der Waals surface area contributed by atoms with Crippen LogP contribution in [0.4, 0.5) is 5.69 Å². The summed E-state index contributed by atoms with van der Waals surface area (Å²) in [6, 6.07) is 16.8. The molecule has 1 heterocycles. The van der Waals surface area contributed by atoms with Gasteiger partial charge >= 0.3 is 0 Å². The van der Waals surface area contributed by atoms with Crippen molar-refractivity contribution >= 4 is 23.4 Å². The SMILES string of the molecule is COc1ccc(-c2nnc(SCC(=O)N(C)c3ccccc3)n2N)cc1. The number of anilines is 1. The van der Waals surface area contributed by atoms with E-state index in [9.17, 15) is 4.79 Å². The maximum Gasteiger partial charge on any atom is 0.237 e. The summed E-state index contributed by atoms with van der Waals surface area (Å²) in [6.45, 7) is 0. The Morgan fingerprint density at radius 3 is 2.50 bits per heavy atom. The zero-order chi connectivity index (χ0) is 18.5. The Hall–Kier alpha value is -3.00. The molecule has 0 aliphatic carbocycles. The van der Waals surface area contributed by atoms with Gasteiger partial charge in [-0.25, -0.2) is 4.68 Å². The van der Waals surface area contributed by atoms with Gasteiger partial charge in [-0.1, -0.05) is 30.0 Å². The summed E-state index contributed by atoms with van der Waals surface area (Å²) in [5.74, 6) is 7.54. The Kier molecular flexibility index (Phi) is 5.43. The number of nitrogen functional groups attached to an aromatic ring is 1. The van der Waals surface area contributed by atoms with Gasteiger partial charge in [0.15, 0.2) is 5.82 Å². The van der Waals surface area contributed by atoms with Gasteiger partial charge in [-0.05, 0) is 36.4 Å². The summed E-state index contributed by atoms with van der Waals surface area (Å²) in [6.07, 6.45) is 0. The van der Waals surface area contributed by atoms with Crippen molar-refractivity contribution in [3.8, 4) is 17.1 Å². The molecule has 0 saturated heterocycles. The molecule has 0 unspecified atom stereocenters.